The van der Waals surface area contributed by atoms with Crippen LogP contribution in [-0.2, 0) is 17.8 Å². The van der Waals surface area contributed by atoms with Gasteiger partial charge in [-0.15, -0.1) is 0 Å². The molecule has 8 heteroatoms. The van der Waals surface area contributed by atoms with Crippen molar-refractivity contribution in [2.24, 2.45) is 5.41 Å². The number of nitrogens with one attached hydrogen (secondary N) is 1. The van der Waals surface area contributed by atoms with Crippen molar-refractivity contribution in [1.82, 2.24) is 25.0 Å². The monoisotopic (exact) mass is 395 g/mol. The Labute approximate surface area is 169 Å². The van der Waals surface area contributed by atoms with Gasteiger partial charge in [-0.05, 0) is 29.7 Å². The summed E-state index contributed by atoms with van der Waals surface area (Å²) in [4.78, 5) is 27.0. The average molecular weight is 395 g/mol. The first-order valence-electron chi connectivity index (χ1n) is 9.63. The number of aromatic nitrogens is 4. The number of fused-ring (bicyclic) bond motifs is 1. The standard InChI is InChI=1S/C21H25N5O3/c1-21(2,3)10-18(27)26-11-16-15(22-12-23-16)9-17(26)20-24-19(25-29-20)13-5-7-14(28-4)8-6-13/h5-8,12,17H,9-11H2,1-4H3,(H,22,23)/t17-/m0/s1. The molecule has 0 unspecified atom stereocenters. The minimum atomic E-state index is -0.333. The molecule has 0 radical (unpaired) electrons. The van der Waals surface area contributed by atoms with Gasteiger partial charge in [-0.2, -0.15) is 4.98 Å². The van der Waals surface area contributed by atoms with Gasteiger partial charge in [0.15, 0.2) is 0 Å². The van der Waals surface area contributed by atoms with Crippen molar-refractivity contribution in [1.29, 1.82) is 0 Å². The number of H-pyrrole nitrogens is 1. The van der Waals surface area contributed by atoms with Gasteiger partial charge in [0.05, 0.1) is 31.4 Å². The molecule has 8 nitrogen and oxygen atoms in total. The zero-order valence-corrected chi connectivity index (χ0v) is 17.1. The number of amides is 1. The van der Waals surface area contributed by atoms with E-state index in [1.165, 1.54) is 0 Å². The number of hydrogen-bond acceptors (Lipinski definition) is 6. The van der Waals surface area contributed by atoms with Crippen molar-refractivity contribution in [3.05, 3.63) is 47.9 Å². The minimum absolute atomic E-state index is 0.0620. The molecule has 0 fully saturated rings. The van der Waals surface area contributed by atoms with Crippen molar-refractivity contribution in [3.8, 4) is 17.1 Å². The molecule has 3 aromatic rings. The van der Waals surface area contributed by atoms with Gasteiger partial charge in [0.2, 0.25) is 17.6 Å². The van der Waals surface area contributed by atoms with Crippen molar-refractivity contribution in [2.45, 2.75) is 46.2 Å². The third kappa shape index (κ3) is 4.01. The molecule has 2 aromatic heterocycles. The molecule has 1 aliphatic heterocycles. The van der Waals surface area contributed by atoms with Crippen LogP contribution < -0.4 is 4.74 Å². The summed E-state index contributed by atoms with van der Waals surface area (Å²) in [5.41, 5.74) is 2.60. The Morgan fingerprint density at radius 3 is 2.76 bits per heavy atom. The van der Waals surface area contributed by atoms with Gasteiger partial charge in [-0.1, -0.05) is 25.9 Å². The number of benzene rings is 1. The van der Waals surface area contributed by atoms with Crippen molar-refractivity contribution in [3.63, 3.8) is 0 Å². The minimum Gasteiger partial charge on any atom is -0.497 e. The van der Waals surface area contributed by atoms with Gasteiger partial charge in [-0.3, -0.25) is 4.79 Å². The molecular formula is C21H25N5O3. The van der Waals surface area contributed by atoms with E-state index < -0.39 is 0 Å². The molecular weight excluding hydrogens is 370 g/mol. The summed E-state index contributed by atoms with van der Waals surface area (Å²) < 4.78 is 10.8. The Bertz CT molecular complexity index is 1000. The van der Waals surface area contributed by atoms with Gasteiger partial charge in [0.25, 0.3) is 0 Å². The molecule has 1 aliphatic rings. The van der Waals surface area contributed by atoms with Crippen LogP contribution in [-0.4, -0.2) is 38.0 Å². The van der Waals surface area contributed by atoms with E-state index in [0.29, 0.717) is 31.1 Å². The van der Waals surface area contributed by atoms with E-state index in [9.17, 15) is 4.79 Å². The van der Waals surface area contributed by atoms with Gasteiger partial charge >= 0.3 is 0 Å². The number of nitrogens with zero attached hydrogens (tertiary/aromatic N) is 4. The van der Waals surface area contributed by atoms with Gasteiger partial charge in [0.1, 0.15) is 11.8 Å². The van der Waals surface area contributed by atoms with E-state index in [-0.39, 0.29) is 17.4 Å². The molecule has 4 rings (SSSR count). The fourth-order valence-corrected chi connectivity index (χ4v) is 3.50. The topological polar surface area (TPSA) is 97.1 Å². The SMILES string of the molecule is COc1ccc(-c2noc([C@@H]3Cc4nc[nH]c4CN3C(=O)CC(C)(C)C)n2)cc1. The Hall–Kier alpha value is -3.16. The van der Waals surface area contributed by atoms with Crippen LogP contribution in [0.4, 0.5) is 0 Å². The second kappa shape index (κ2) is 7.35. The summed E-state index contributed by atoms with van der Waals surface area (Å²) in [6, 6.07) is 7.12. The van der Waals surface area contributed by atoms with Gasteiger partial charge in [-0.25, -0.2) is 4.98 Å². The van der Waals surface area contributed by atoms with Crippen molar-refractivity contribution < 1.29 is 14.1 Å². The Balaban J connectivity index is 1.63. The Morgan fingerprint density at radius 2 is 2.07 bits per heavy atom. The second-order valence-corrected chi connectivity index (χ2v) is 8.49. The molecule has 0 aliphatic carbocycles. The normalized spacial score (nSPS) is 16.6. The van der Waals surface area contributed by atoms with Gasteiger partial charge < -0.3 is 19.1 Å². The molecule has 29 heavy (non-hydrogen) atoms. The smallest absolute Gasteiger partial charge is 0.250 e. The zero-order chi connectivity index (χ0) is 20.6. The highest BCUT2D eigenvalue weighted by Gasteiger charge is 2.37. The van der Waals surface area contributed by atoms with Crippen LogP contribution in [0.3, 0.4) is 0 Å². The number of carbonyl (C=O) groups excluding carboxylic acids is 1. The highest BCUT2D eigenvalue weighted by Crippen LogP contribution is 2.34. The first-order valence-corrected chi connectivity index (χ1v) is 9.63. The summed E-state index contributed by atoms with van der Waals surface area (Å²) in [5.74, 6) is 1.73. The van der Waals surface area contributed by atoms with E-state index in [1.54, 1.807) is 13.4 Å². The predicted molar refractivity (Wildman–Crippen MR) is 106 cm³/mol. The molecule has 1 amide bonds. The van der Waals surface area contributed by atoms with Crippen LogP contribution in [0.25, 0.3) is 11.4 Å². The molecule has 1 N–H and O–H groups in total. The van der Waals surface area contributed by atoms with Crippen LogP contribution in [0.15, 0.2) is 35.1 Å². The van der Waals surface area contributed by atoms with E-state index in [4.69, 9.17) is 9.26 Å². The molecule has 0 saturated carbocycles. The maximum Gasteiger partial charge on any atom is 0.250 e. The fourth-order valence-electron chi connectivity index (χ4n) is 3.50. The number of rotatable bonds is 4. The molecule has 0 bridgehead atoms. The molecule has 0 spiro atoms. The Kier molecular flexibility index (Phi) is 4.86. The number of hydrogen-bond donors (Lipinski definition) is 1. The van der Waals surface area contributed by atoms with Crippen molar-refractivity contribution in [2.75, 3.05) is 7.11 Å². The molecule has 152 valence electrons. The molecule has 1 aromatic carbocycles. The lowest BCUT2D eigenvalue weighted by molar-refractivity contribution is -0.137. The molecule has 3 heterocycles. The van der Waals surface area contributed by atoms with Crippen molar-refractivity contribution >= 4 is 5.91 Å². The first kappa shape index (κ1) is 19.2. The van der Waals surface area contributed by atoms with E-state index >= 15 is 0 Å². The molecule has 1 atom stereocenters. The van der Waals surface area contributed by atoms with Crippen LogP contribution >= 0.6 is 0 Å². The summed E-state index contributed by atoms with van der Waals surface area (Å²) in [6.07, 6.45) is 2.64. The number of imidazole rings is 1. The molecule has 0 saturated heterocycles. The largest absolute Gasteiger partial charge is 0.497 e. The zero-order valence-electron chi connectivity index (χ0n) is 17.1. The lowest BCUT2D eigenvalue weighted by atomic mass is 9.90. The summed E-state index contributed by atoms with van der Waals surface area (Å²) in [6.45, 7) is 6.62. The maximum absolute atomic E-state index is 13.1. The number of carbonyl (C=O) groups is 1. The second-order valence-electron chi connectivity index (χ2n) is 8.49. The quantitative estimate of drug-likeness (QED) is 0.726. The maximum atomic E-state index is 13.1. The van der Waals surface area contributed by atoms with Crippen LogP contribution in [0.1, 0.15) is 50.5 Å². The lowest BCUT2D eigenvalue weighted by Crippen LogP contribution is -2.40. The third-order valence-electron chi connectivity index (χ3n) is 4.98. The highest BCUT2D eigenvalue weighted by atomic mass is 16.5. The summed E-state index contributed by atoms with van der Waals surface area (Å²) >= 11 is 0. The van der Waals surface area contributed by atoms with Crippen LogP contribution in [0.2, 0.25) is 0 Å². The van der Waals surface area contributed by atoms with Gasteiger partial charge in [0, 0.05) is 18.4 Å². The lowest BCUT2D eigenvalue weighted by Gasteiger charge is -2.34. The van der Waals surface area contributed by atoms with E-state index in [0.717, 1.165) is 22.7 Å². The highest BCUT2D eigenvalue weighted by molar-refractivity contribution is 5.77. The summed E-state index contributed by atoms with van der Waals surface area (Å²) in [7, 11) is 1.62. The Morgan fingerprint density at radius 1 is 1.31 bits per heavy atom. The number of aromatic amines is 1. The fraction of sp³-hybridized carbons (Fsp3) is 0.429. The average Bonchev–Trinajstić information content (AvgIpc) is 3.34. The first-order chi connectivity index (χ1) is 13.8. The third-order valence-corrected chi connectivity index (χ3v) is 4.98. The predicted octanol–water partition coefficient (Wildman–Crippen LogP) is 3.53. The summed E-state index contributed by atoms with van der Waals surface area (Å²) in [5, 5.41) is 4.14. The van der Waals surface area contributed by atoms with E-state index in [2.05, 4.69) is 40.9 Å². The van der Waals surface area contributed by atoms with Crippen LogP contribution in [0, 0.1) is 5.41 Å². The van der Waals surface area contributed by atoms with Crippen LogP contribution in [0.5, 0.6) is 5.75 Å². The number of methoxy groups -OCH3 is 1. The number of ether oxygens (including phenoxy) is 1. The van der Waals surface area contributed by atoms with E-state index in [1.807, 2.05) is 29.2 Å².